The van der Waals surface area contributed by atoms with E-state index in [2.05, 4.69) is 50.8 Å². The molecule has 114 valence electrons. The van der Waals surface area contributed by atoms with Gasteiger partial charge in [0.05, 0.1) is 21.2 Å². The van der Waals surface area contributed by atoms with Gasteiger partial charge in [0.1, 0.15) is 12.4 Å². The fraction of sp³-hybridized carbons (Fsp3) is 0.400. The van der Waals surface area contributed by atoms with Crippen LogP contribution in [0.5, 0.6) is 5.75 Å². The molecule has 2 aromatic rings. The summed E-state index contributed by atoms with van der Waals surface area (Å²) in [6.45, 7) is 4.67. The first-order valence-corrected chi connectivity index (χ1v) is 8.39. The van der Waals surface area contributed by atoms with Crippen molar-refractivity contribution in [3.8, 4) is 5.75 Å². The van der Waals surface area contributed by atoms with Gasteiger partial charge in [-0.25, -0.2) is 0 Å². The summed E-state index contributed by atoms with van der Waals surface area (Å²) in [6, 6.07) is 6.05. The number of hydrogen-bond acceptors (Lipinski definition) is 3. The maximum Gasteiger partial charge on any atom is 0.148 e. The zero-order chi connectivity index (χ0) is 15.4. The molecule has 0 aliphatic carbocycles. The second-order valence-electron chi connectivity index (χ2n) is 4.88. The lowest BCUT2D eigenvalue weighted by Crippen LogP contribution is -2.06. The molecule has 0 amide bonds. The molecule has 0 saturated carbocycles. The van der Waals surface area contributed by atoms with E-state index in [0.29, 0.717) is 18.4 Å². The minimum atomic E-state index is -0.00318. The van der Waals surface area contributed by atoms with Crippen LogP contribution in [0.4, 0.5) is 0 Å². The third-order valence-electron chi connectivity index (χ3n) is 3.31. The largest absolute Gasteiger partial charge is 0.485 e. The molecule has 0 radical (unpaired) electrons. The molecule has 0 bridgehead atoms. The van der Waals surface area contributed by atoms with Gasteiger partial charge >= 0.3 is 0 Å². The van der Waals surface area contributed by atoms with Crippen LogP contribution in [0.3, 0.4) is 0 Å². The Morgan fingerprint density at radius 2 is 2.00 bits per heavy atom. The molecular weight excluding hydrogens is 400 g/mol. The van der Waals surface area contributed by atoms with Crippen LogP contribution in [0.2, 0.25) is 0 Å². The lowest BCUT2D eigenvalue weighted by molar-refractivity contribution is 0.279. The molecule has 1 unspecified atom stereocenters. The van der Waals surface area contributed by atoms with Crippen molar-refractivity contribution in [2.45, 2.75) is 39.5 Å². The summed E-state index contributed by atoms with van der Waals surface area (Å²) in [6.07, 6.45) is 3.02. The van der Waals surface area contributed by atoms with E-state index in [1.807, 2.05) is 29.1 Å². The number of rotatable bonds is 6. The van der Waals surface area contributed by atoms with Gasteiger partial charge in [-0.05, 0) is 69.0 Å². The molecule has 0 saturated heterocycles. The van der Waals surface area contributed by atoms with Crippen molar-refractivity contribution in [3.63, 3.8) is 0 Å². The average molecular weight is 418 g/mol. The Hall–Kier alpha value is -0.850. The number of halogens is 2. The van der Waals surface area contributed by atoms with Crippen molar-refractivity contribution in [2.75, 3.05) is 0 Å². The summed E-state index contributed by atoms with van der Waals surface area (Å²) in [7, 11) is 0. The summed E-state index contributed by atoms with van der Waals surface area (Å²) in [5, 5.41) is 13.7. The van der Waals surface area contributed by atoms with Crippen LogP contribution in [-0.2, 0) is 13.2 Å². The van der Waals surface area contributed by atoms with Crippen LogP contribution in [0, 0.1) is 0 Å². The number of aromatic nitrogens is 2. The highest BCUT2D eigenvalue weighted by molar-refractivity contribution is 9.11. The maximum absolute atomic E-state index is 9.17. The standard InChI is InChI=1S/C15H18Br2N2O2/c1-3-10(2)19-5-4-12(18-19)9-21-15-13(16)6-11(8-20)7-14(15)17/h4-7,10,20H,3,8-9H2,1-2H3. The topological polar surface area (TPSA) is 47.3 Å². The van der Waals surface area contributed by atoms with Crippen LogP contribution >= 0.6 is 31.9 Å². The summed E-state index contributed by atoms with van der Waals surface area (Å²) in [5.74, 6) is 0.713. The van der Waals surface area contributed by atoms with Crippen LogP contribution in [-0.4, -0.2) is 14.9 Å². The lowest BCUT2D eigenvalue weighted by atomic mass is 10.2. The first kappa shape index (κ1) is 16.5. The van der Waals surface area contributed by atoms with E-state index in [-0.39, 0.29) is 6.61 Å². The SMILES string of the molecule is CCC(C)n1ccc(COc2c(Br)cc(CO)cc2Br)n1. The lowest BCUT2D eigenvalue weighted by Gasteiger charge is -2.11. The molecule has 1 N–H and O–H groups in total. The molecule has 4 nitrogen and oxygen atoms in total. The smallest absolute Gasteiger partial charge is 0.148 e. The third-order valence-corrected chi connectivity index (χ3v) is 4.49. The molecule has 1 aromatic carbocycles. The monoisotopic (exact) mass is 416 g/mol. The van der Waals surface area contributed by atoms with Crippen LogP contribution in [0.1, 0.15) is 37.6 Å². The number of benzene rings is 1. The van der Waals surface area contributed by atoms with E-state index >= 15 is 0 Å². The van der Waals surface area contributed by atoms with Gasteiger partial charge in [-0.3, -0.25) is 4.68 Å². The fourth-order valence-electron chi connectivity index (χ4n) is 1.87. The van der Waals surface area contributed by atoms with Gasteiger partial charge in [-0.15, -0.1) is 0 Å². The Kier molecular flexibility index (Phi) is 5.84. The average Bonchev–Trinajstić information content (AvgIpc) is 2.94. The highest BCUT2D eigenvalue weighted by atomic mass is 79.9. The molecular formula is C15H18Br2N2O2. The first-order valence-electron chi connectivity index (χ1n) is 6.80. The Balaban J connectivity index is 2.08. The van der Waals surface area contributed by atoms with Gasteiger partial charge in [0.2, 0.25) is 0 Å². The quantitative estimate of drug-likeness (QED) is 0.755. The van der Waals surface area contributed by atoms with Gasteiger partial charge in [-0.2, -0.15) is 5.10 Å². The summed E-state index contributed by atoms with van der Waals surface area (Å²) in [5.41, 5.74) is 1.71. The van der Waals surface area contributed by atoms with Crippen molar-refractivity contribution in [3.05, 3.63) is 44.6 Å². The Labute approximate surface area is 141 Å². The van der Waals surface area contributed by atoms with Crippen molar-refractivity contribution in [1.82, 2.24) is 9.78 Å². The number of nitrogens with zero attached hydrogens (tertiary/aromatic N) is 2. The molecule has 1 atom stereocenters. The minimum absolute atomic E-state index is 0.00318. The normalized spacial score (nSPS) is 12.4. The van der Waals surface area contributed by atoms with Crippen molar-refractivity contribution in [1.29, 1.82) is 0 Å². The Morgan fingerprint density at radius 3 is 2.57 bits per heavy atom. The van der Waals surface area contributed by atoms with Gasteiger partial charge in [0, 0.05) is 12.2 Å². The first-order chi connectivity index (χ1) is 10.0. The van der Waals surface area contributed by atoms with Crippen molar-refractivity contribution < 1.29 is 9.84 Å². The molecule has 0 fully saturated rings. The predicted octanol–water partition coefficient (Wildman–Crippen LogP) is 4.45. The zero-order valence-electron chi connectivity index (χ0n) is 12.0. The molecule has 0 aliphatic heterocycles. The number of aliphatic hydroxyl groups excluding tert-OH is 1. The van der Waals surface area contributed by atoms with Crippen molar-refractivity contribution >= 4 is 31.9 Å². The van der Waals surface area contributed by atoms with E-state index in [9.17, 15) is 0 Å². The van der Waals surface area contributed by atoms with E-state index in [1.54, 1.807) is 0 Å². The van der Waals surface area contributed by atoms with Gasteiger partial charge in [-0.1, -0.05) is 6.92 Å². The zero-order valence-corrected chi connectivity index (χ0v) is 15.2. The Bertz CT molecular complexity index is 590. The molecule has 1 aromatic heterocycles. The minimum Gasteiger partial charge on any atom is -0.485 e. The third kappa shape index (κ3) is 4.08. The highest BCUT2D eigenvalue weighted by Crippen LogP contribution is 2.35. The van der Waals surface area contributed by atoms with Gasteiger partial charge < -0.3 is 9.84 Å². The van der Waals surface area contributed by atoms with Gasteiger partial charge in [0.15, 0.2) is 0 Å². The van der Waals surface area contributed by atoms with E-state index in [1.165, 1.54) is 0 Å². The van der Waals surface area contributed by atoms with E-state index in [4.69, 9.17) is 9.84 Å². The summed E-state index contributed by atoms with van der Waals surface area (Å²) >= 11 is 6.92. The molecule has 0 aliphatic rings. The van der Waals surface area contributed by atoms with E-state index in [0.717, 1.165) is 26.6 Å². The second kappa shape index (κ2) is 7.42. The fourth-order valence-corrected chi connectivity index (χ4v) is 3.38. The molecule has 0 spiro atoms. The molecule has 21 heavy (non-hydrogen) atoms. The van der Waals surface area contributed by atoms with Gasteiger partial charge in [0.25, 0.3) is 0 Å². The van der Waals surface area contributed by atoms with Crippen LogP contribution in [0.25, 0.3) is 0 Å². The molecule has 6 heteroatoms. The predicted molar refractivity (Wildman–Crippen MR) is 89.3 cm³/mol. The van der Waals surface area contributed by atoms with Crippen molar-refractivity contribution in [2.24, 2.45) is 0 Å². The Morgan fingerprint density at radius 1 is 1.33 bits per heavy atom. The summed E-state index contributed by atoms with van der Waals surface area (Å²) in [4.78, 5) is 0. The highest BCUT2D eigenvalue weighted by Gasteiger charge is 2.11. The summed E-state index contributed by atoms with van der Waals surface area (Å²) < 4.78 is 9.40. The molecule has 1 heterocycles. The number of ether oxygens (including phenoxy) is 1. The maximum atomic E-state index is 9.17. The second-order valence-corrected chi connectivity index (χ2v) is 6.59. The number of hydrogen-bond donors (Lipinski definition) is 1. The van der Waals surface area contributed by atoms with Crippen LogP contribution < -0.4 is 4.74 Å². The van der Waals surface area contributed by atoms with E-state index < -0.39 is 0 Å². The van der Waals surface area contributed by atoms with Crippen LogP contribution in [0.15, 0.2) is 33.3 Å². The molecule has 2 rings (SSSR count). The number of aliphatic hydroxyl groups is 1.